The molecule has 1 aromatic carbocycles. The van der Waals surface area contributed by atoms with E-state index in [1.807, 2.05) is 32.2 Å². The van der Waals surface area contributed by atoms with Gasteiger partial charge in [0.2, 0.25) is 0 Å². The van der Waals surface area contributed by atoms with Gasteiger partial charge in [0.15, 0.2) is 5.96 Å². The Labute approximate surface area is 171 Å². The van der Waals surface area contributed by atoms with Gasteiger partial charge >= 0.3 is 0 Å². The number of hydrogen-bond acceptors (Lipinski definition) is 4. The highest BCUT2D eigenvalue weighted by Gasteiger charge is 2.24. The van der Waals surface area contributed by atoms with Crippen molar-refractivity contribution < 1.29 is 5.11 Å². The maximum absolute atomic E-state index is 10.6. The molecule has 7 nitrogen and oxygen atoms in total. The van der Waals surface area contributed by atoms with E-state index in [1.165, 1.54) is 0 Å². The van der Waals surface area contributed by atoms with Crippen molar-refractivity contribution in [2.24, 2.45) is 12.0 Å². The van der Waals surface area contributed by atoms with Crippen molar-refractivity contribution in [3.05, 3.63) is 53.3 Å². The Balaban J connectivity index is 0.00000338. The summed E-state index contributed by atoms with van der Waals surface area (Å²) in [6, 6.07) is 9.48. The molecule has 0 aliphatic carbocycles. The summed E-state index contributed by atoms with van der Waals surface area (Å²) in [6.07, 6.45) is 3.44. The van der Waals surface area contributed by atoms with E-state index >= 15 is 0 Å². The topological polar surface area (TPSA) is 98.3 Å². The molecule has 0 aliphatic rings. The molecule has 1 heterocycles. The molecule has 2 aromatic rings. The molecule has 1 aromatic heterocycles. The van der Waals surface area contributed by atoms with Gasteiger partial charge in [0.1, 0.15) is 5.60 Å². The molecule has 0 aliphatic heterocycles. The van der Waals surface area contributed by atoms with Gasteiger partial charge < -0.3 is 15.7 Å². The van der Waals surface area contributed by atoms with Crippen LogP contribution in [0, 0.1) is 11.3 Å². The van der Waals surface area contributed by atoms with Crippen LogP contribution in [0.4, 0.5) is 0 Å². The monoisotopic (exact) mass is 468 g/mol. The first-order chi connectivity index (χ1) is 11.9. The summed E-state index contributed by atoms with van der Waals surface area (Å²) in [4.78, 5) is 4.51. The number of benzene rings is 1. The zero-order valence-corrected chi connectivity index (χ0v) is 17.6. The fraction of sp³-hybridized carbons (Fsp3) is 0.389. The molecule has 0 fully saturated rings. The van der Waals surface area contributed by atoms with Crippen molar-refractivity contribution in [2.75, 3.05) is 13.1 Å². The quantitative estimate of drug-likeness (QED) is 0.342. The Kier molecular flexibility index (Phi) is 8.54. The van der Waals surface area contributed by atoms with Crippen molar-refractivity contribution in [1.82, 2.24) is 20.4 Å². The zero-order chi connectivity index (χ0) is 18.3. The first-order valence-electron chi connectivity index (χ1n) is 8.17. The number of guanidine groups is 1. The second kappa shape index (κ2) is 10.1. The predicted octanol–water partition coefficient (Wildman–Crippen LogP) is 1.87. The van der Waals surface area contributed by atoms with E-state index < -0.39 is 5.60 Å². The molecule has 0 saturated carbocycles. The van der Waals surface area contributed by atoms with Gasteiger partial charge in [0.25, 0.3) is 0 Å². The fourth-order valence-corrected chi connectivity index (χ4v) is 2.31. The summed E-state index contributed by atoms with van der Waals surface area (Å²) in [7, 11) is 1.81. The van der Waals surface area contributed by atoms with Gasteiger partial charge in [-0.2, -0.15) is 10.4 Å². The Morgan fingerprint density at radius 3 is 2.81 bits per heavy atom. The number of aliphatic hydroxyl groups is 1. The third-order valence-corrected chi connectivity index (χ3v) is 3.75. The van der Waals surface area contributed by atoms with E-state index in [-0.39, 0.29) is 24.0 Å². The number of aliphatic imine (C=N–C) groups is 1. The van der Waals surface area contributed by atoms with E-state index in [4.69, 9.17) is 5.26 Å². The van der Waals surface area contributed by atoms with Crippen LogP contribution in [0.2, 0.25) is 0 Å². The zero-order valence-electron chi connectivity index (χ0n) is 15.2. The number of nitrogens with zero attached hydrogens (tertiary/aromatic N) is 4. The normalized spacial score (nSPS) is 13.3. The summed E-state index contributed by atoms with van der Waals surface area (Å²) in [5.41, 5.74) is 1.24. The standard InChI is InChI=1S/C18H24N6O.HI/c1-4-20-17(21-10-15-7-5-6-14(8-15)9-19)22-13-18(2,25)16-11-23-24(3)12-16;/h5-8,11-12,25H,4,10,13H2,1-3H3,(H2,20,21,22);1H. The minimum absolute atomic E-state index is 0. The van der Waals surface area contributed by atoms with Crippen LogP contribution in [-0.4, -0.2) is 33.9 Å². The summed E-state index contributed by atoms with van der Waals surface area (Å²) < 4.78 is 1.66. The maximum atomic E-state index is 10.6. The molecule has 0 spiro atoms. The first kappa shape index (κ1) is 21.9. The number of rotatable bonds is 6. The molecule has 0 radical (unpaired) electrons. The van der Waals surface area contributed by atoms with Crippen LogP contribution in [0.25, 0.3) is 0 Å². The Morgan fingerprint density at radius 2 is 2.19 bits per heavy atom. The lowest BCUT2D eigenvalue weighted by atomic mass is 10.00. The lowest BCUT2D eigenvalue weighted by molar-refractivity contribution is 0.0616. The molecular weight excluding hydrogens is 443 g/mol. The van der Waals surface area contributed by atoms with E-state index in [1.54, 1.807) is 30.1 Å². The molecule has 140 valence electrons. The second-order valence-corrected chi connectivity index (χ2v) is 6.04. The van der Waals surface area contributed by atoms with Crippen LogP contribution in [0.5, 0.6) is 0 Å². The first-order valence-corrected chi connectivity index (χ1v) is 8.17. The van der Waals surface area contributed by atoms with Crippen molar-refractivity contribution >= 4 is 29.9 Å². The molecule has 26 heavy (non-hydrogen) atoms. The number of aromatic nitrogens is 2. The Bertz CT molecular complexity index is 778. The highest BCUT2D eigenvalue weighted by Crippen LogP contribution is 2.18. The summed E-state index contributed by atoms with van der Waals surface area (Å²) >= 11 is 0. The van der Waals surface area contributed by atoms with E-state index in [9.17, 15) is 5.11 Å². The summed E-state index contributed by atoms with van der Waals surface area (Å²) in [5.74, 6) is 0.606. The molecule has 1 atom stereocenters. The number of aryl methyl sites for hydroxylation is 1. The van der Waals surface area contributed by atoms with E-state index in [0.717, 1.165) is 11.1 Å². The maximum Gasteiger partial charge on any atom is 0.191 e. The van der Waals surface area contributed by atoms with Gasteiger partial charge in [-0.25, -0.2) is 4.99 Å². The van der Waals surface area contributed by atoms with Crippen molar-refractivity contribution in [3.63, 3.8) is 0 Å². The molecule has 0 amide bonds. The Morgan fingerprint density at radius 1 is 1.42 bits per heavy atom. The highest BCUT2D eigenvalue weighted by molar-refractivity contribution is 14.0. The highest BCUT2D eigenvalue weighted by atomic mass is 127. The van der Waals surface area contributed by atoms with Gasteiger partial charge in [0, 0.05) is 25.4 Å². The number of nitrogens with one attached hydrogen (secondary N) is 2. The lowest BCUT2D eigenvalue weighted by Crippen LogP contribution is -2.44. The molecule has 8 heteroatoms. The number of hydrogen-bond donors (Lipinski definition) is 3. The van der Waals surface area contributed by atoms with Crippen LogP contribution in [0.1, 0.15) is 30.5 Å². The average molecular weight is 468 g/mol. The lowest BCUT2D eigenvalue weighted by Gasteiger charge is -2.23. The molecule has 1 unspecified atom stereocenters. The van der Waals surface area contributed by atoms with Crippen LogP contribution < -0.4 is 10.6 Å². The van der Waals surface area contributed by atoms with Gasteiger partial charge in [-0.3, -0.25) is 4.68 Å². The molecule has 0 saturated heterocycles. The minimum atomic E-state index is -1.06. The number of halogens is 1. The smallest absolute Gasteiger partial charge is 0.191 e. The van der Waals surface area contributed by atoms with Gasteiger partial charge in [-0.05, 0) is 31.5 Å². The minimum Gasteiger partial charge on any atom is -0.383 e. The summed E-state index contributed by atoms with van der Waals surface area (Å²) in [6.45, 7) is 5.16. The molecule has 3 N–H and O–H groups in total. The third kappa shape index (κ3) is 6.31. The largest absolute Gasteiger partial charge is 0.383 e. The van der Waals surface area contributed by atoms with Gasteiger partial charge in [-0.15, -0.1) is 24.0 Å². The molecule has 2 rings (SSSR count). The predicted molar refractivity (Wildman–Crippen MR) is 112 cm³/mol. The van der Waals surface area contributed by atoms with Crippen LogP contribution in [0.15, 0.2) is 41.7 Å². The van der Waals surface area contributed by atoms with Crippen molar-refractivity contribution in [2.45, 2.75) is 26.0 Å². The molecule has 0 bridgehead atoms. The third-order valence-electron chi connectivity index (χ3n) is 3.75. The van der Waals surface area contributed by atoms with Crippen LogP contribution in [0.3, 0.4) is 0 Å². The van der Waals surface area contributed by atoms with Crippen LogP contribution in [-0.2, 0) is 19.2 Å². The van der Waals surface area contributed by atoms with E-state index in [2.05, 4.69) is 26.8 Å². The van der Waals surface area contributed by atoms with Crippen LogP contribution >= 0.6 is 24.0 Å². The fourth-order valence-electron chi connectivity index (χ4n) is 2.31. The van der Waals surface area contributed by atoms with E-state index in [0.29, 0.717) is 31.2 Å². The molecular formula is C18H25IN6O. The Hall–Kier alpha value is -2.12. The average Bonchev–Trinajstić information content (AvgIpc) is 3.05. The van der Waals surface area contributed by atoms with Crippen molar-refractivity contribution in [3.8, 4) is 6.07 Å². The number of nitriles is 1. The van der Waals surface area contributed by atoms with Crippen molar-refractivity contribution in [1.29, 1.82) is 5.26 Å². The van der Waals surface area contributed by atoms with Gasteiger partial charge in [-0.1, -0.05) is 12.1 Å². The second-order valence-electron chi connectivity index (χ2n) is 6.04. The van der Waals surface area contributed by atoms with Gasteiger partial charge in [0.05, 0.1) is 30.9 Å². The SMILES string of the molecule is CCNC(=NCc1cccc(C#N)c1)NCC(C)(O)c1cnn(C)c1.I. The summed E-state index contributed by atoms with van der Waals surface area (Å²) in [5, 5.41) is 30.0.